The predicted molar refractivity (Wildman–Crippen MR) is 80.5 cm³/mol. The molecule has 0 aliphatic carbocycles. The third kappa shape index (κ3) is 12.8. The number of ether oxygens (including phenoxy) is 1. The van der Waals surface area contributed by atoms with E-state index in [0.29, 0.717) is 6.61 Å². The van der Waals surface area contributed by atoms with E-state index < -0.39 is 37.8 Å². The number of hydrogen-bond acceptors (Lipinski definition) is 8. The van der Waals surface area contributed by atoms with E-state index in [-0.39, 0.29) is 12.5 Å². The predicted octanol–water partition coefficient (Wildman–Crippen LogP) is 0.0377. The second-order valence-corrected chi connectivity index (χ2v) is 6.76. The summed E-state index contributed by atoms with van der Waals surface area (Å²) in [5, 5.41) is 0. The van der Waals surface area contributed by atoms with E-state index in [4.69, 9.17) is 13.8 Å². The van der Waals surface area contributed by atoms with Crippen LogP contribution in [0.15, 0.2) is 24.3 Å². The van der Waals surface area contributed by atoms with E-state index in [1.807, 2.05) is 0 Å². The number of rotatable bonds is 7. The van der Waals surface area contributed by atoms with Gasteiger partial charge in [0.2, 0.25) is 0 Å². The average molecular weight is 376 g/mol. The first-order chi connectivity index (χ1) is 9.98. The number of thiol groups is 1. The van der Waals surface area contributed by atoms with Gasteiger partial charge in [0.25, 0.3) is 10.1 Å². The lowest BCUT2D eigenvalue weighted by molar-refractivity contribution is -0.130. The van der Waals surface area contributed by atoms with E-state index >= 15 is 0 Å². The van der Waals surface area contributed by atoms with Gasteiger partial charge in [0.1, 0.15) is 5.75 Å². The molecule has 9 nitrogen and oxygen atoms in total. The van der Waals surface area contributed by atoms with Crippen molar-refractivity contribution in [1.82, 2.24) is 0 Å². The Hall–Kier alpha value is -0.920. The van der Waals surface area contributed by atoms with Gasteiger partial charge in [-0.1, -0.05) is 12.2 Å². The van der Waals surface area contributed by atoms with Crippen LogP contribution in [0.4, 0.5) is 0 Å². The molecule has 0 aromatic heterocycles. The van der Waals surface area contributed by atoms with Crippen LogP contribution in [0, 0.1) is 0 Å². The molecule has 1 saturated heterocycles. The summed E-state index contributed by atoms with van der Waals surface area (Å²) in [7, 11) is -9.58. The first-order valence-electron chi connectivity index (χ1n) is 5.67. The van der Waals surface area contributed by atoms with Gasteiger partial charge < -0.3 is 8.92 Å². The molecular formula is C10H16O9S3. The number of carbonyl (C=O) groups excluding carboxylic acids is 1. The van der Waals surface area contributed by atoms with E-state index in [9.17, 15) is 21.6 Å². The Morgan fingerprint density at radius 2 is 1.86 bits per heavy atom. The normalized spacial score (nSPS) is 18.0. The zero-order valence-corrected chi connectivity index (χ0v) is 13.8. The van der Waals surface area contributed by atoms with Gasteiger partial charge in [-0.05, 0) is 6.42 Å². The zero-order chi connectivity index (χ0) is 17.4. The van der Waals surface area contributed by atoms with Crippen LogP contribution >= 0.6 is 12.6 Å². The smallest absolute Gasteiger partial charge is 0.373 e. The van der Waals surface area contributed by atoms with Gasteiger partial charge in [0.05, 0.1) is 18.3 Å². The van der Waals surface area contributed by atoms with Crippen molar-refractivity contribution in [2.45, 2.75) is 12.5 Å². The molecule has 22 heavy (non-hydrogen) atoms. The third-order valence-corrected chi connectivity index (χ3v) is 3.24. The second kappa shape index (κ2) is 9.27. The van der Waals surface area contributed by atoms with Gasteiger partial charge >= 0.3 is 16.4 Å². The van der Waals surface area contributed by atoms with Gasteiger partial charge in [0.15, 0.2) is 0 Å². The van der Waals surface area contributed by atoms with Gasteiger partial charge in [-0.3, -0.25) is 9.11 Å². The average Bonchev–Trinajstić information content (AvgIpc) is 3.15. The SMILES string of the molecule is C=CCS.O=C(OS(=O)(=O)O)C(=CCC1CO1)CS(=O)(=O)O. The van der Waals surface area contributed by atoms with Crippen LogP contribution in [0.5, 0.6) is 0 Å². The van der Waals surface area contributed by atoms with Gasteiger partial charge in [-0.2, -0.15) is 29.5 Å². The molecule has 0 aromatic rings. The number of hydrogen-bond donors (Lipinski definition) is 3. The lowest BCUT2D eigenvalue weighted by Gasteiger charge is -2.03. The molecule has 1 aliphatic rings. The first kappa shape index (κ1) is 21.1. The lowest BCUT2D eigenvalue weighted by atomic mass is 10.2. The highest BCUT2D eigenvalue weighted by atomic mass is 32.3. The van der Waals surface area contributed by atoms with Crippen LogP contribution in [0.2, 0.25) is 0 Å². The Kier molecular flexibility index (Phi) is 8.88. The maximum absolute atomic E-state index is 11.2. The maximum Gasteiger partial charge on any atom is 0.449 e. The minimum absolute atomic E-state index is 0.158. The van der Waals surface area contributed by atoms with Crippen molar-refractivity contribution in [1.29, 1.82) is 0 Å². The van der Waals surface area contributed by atoms with Crippen LogP contribution in [0.3, 0.4) is 0 Å². The highest BCUT2D eigenvalue weighted by Gasteiger charge is 2.25. The molecule has 0 saturated carbocycles. The molecule has 12 heteroatoms. The van der Waals surface area contributed by atoms with Crippen molar-refractivity contribution >= 4 is 39.1 Å². The standard InChI is InChI=1S/C7H10O9S2.C3H6S/c8-7(16-18(12,13)14)5(4-17(9,10)11)1-2-6-3-15-6;1-2-3-4/h1,6H,2-4H2,(H,9,10,11)(H,12,13,14);2,4H,1,3H2. The molecule has 128 valence electrons. The van der Waals surface area contributed by atoms with Crippen molar-refractivity contribution in [3.63, 3.8) is 0 Å². The molecule has 0 radical (unpaired) electrons. The summed E-state index contributed by atoms with van der Waals surface area (Å²) < 4.78 is 67.2. The van der Waals surface area contributed by atoms with Crippen molar-refractivity contribution in [3.05, 3.63) is 24.3 Å². The molecule has 2 N–H and O–H groups in total. The van der Waals surface area contributed by atoms with Crippen LogP contribution in [-0.2, 0) is 34.2 Å². The monoisotopic (exact) mass is 376 g/mol. The van der Waals surface area contributed by atoms with Gasteiger partial charge in [-0.15, -0.1) is 6.58 Å². The van der Waals surface area contributed by atoms with Crippen molar-refractivity contribution in [3.8, 4) is 0 Å². The summed E-state index contributed by atoms with van der Waals surface area (Å²) in [5.41, 5.74) is -0.606. The second-order valence-electron chi connectivity index (χ2n) is 3.92. The van der Waals surface area contributed by atoms with Crippen molar-refractivity contribution in [2.24, 2.45) is 0 Å². The summed E-state index contributed by atoms with van der Waals surface area (Å²) in [6.45, 7) is 3.84. The molecule has 1 unspecified atom stereocenters. The molecular weight excluding hydrogens is 360 g/mol. The first-order valence-corrected chi connectivity index (χ1v) is 9.28. The lowest BCUT2D eigenvalue weighted by Crippen LogP contribution is -2.19. The fraction of sp³-hybridized carbons (Fsp3) is 0.500. The summed E-state index contributed by atoms with van der Waals surface area (Å²) >= 11 is 3.80. The highest BCUT2D eigenvalue weighted by molar-refractivity contribution is 7.86. The summed E-state index contributed by atoms with van der Waals surface area (Å²) in [6.07, 6.45) is 2.79. The van der Waals surface area contributed by atoms with Crippen LogP contribution in [0.25, 0.3) is 0 Å². The fourth-order valence-electron chi connectivity index (χ4n) is 1.02. The van der Waals surface area contributed by atoms with E-state index in [1.54, 1.807) is 6.08 Å². The topological polar surface area (TPSA) is 148 Å². The quantitative estimate of drug-likeness (QED) is 0.184. The van der Waals surface area contributed by atoms with Crippen molar-refractivity contribution in [2.75, 3.05) is 18.1 Å². The molecule has 1 heterocycles. The van der Waals surface area contributed by atoms with E-state index in [2.05, 4.69) is 23.4 Å². The van der Waals surface area contributed by atoms with E-state index in [0.717, 1.165) is 11.8 Å². The minimum atomic E-state index is -5.04. The summed E-state index contributed by atoms with van der Waals surface area (Å²) in [5.74, 6) is -1.91. The minimum Gasteiger partial charge on any atom is -0.373 e. The molecule has 0 bridgehead atoms. The van der Waals surface area contributed by atoms with E-state index in [1.165, 1.54) is 0 Å². The zero-order valence-electron chi connectivity index (χ0n) is 11.3. The Balaban J connectivity index is 0.000000980. The van der Waals surface area contributed by atoms with Crippen LogP contribution in [0.1, 0.15) is 6.42 Å². The molecule has 0 aromatic carbocycles. The number of carbonyl (C=O) groups is 1. The van der Waals surface area contributed by atoms with Crippen molar-refractivity contribution < 1.29 is 39.7 Å². The van der Waals surface area contributed by atoms with Gasteiger partial charge in [0, 0.05) is 5.75 Å². The fourth-order valence-corrected chi connectivity index (χ4v) is 1.95. The Morgan fingerprint density at radius 3 is 2.18 bits per heavy atom. The Bertz CT molecular complexity index is 614. The van der Waals surface area contributed by atoms with Gasteiger partial charge in [-0.25, -0.2) is 4.79 Å². The molecule has 1 rings (SSSR count). The summed E-state index contributed by atoms with van der Waals surface area (Å²) in [6, 6.07) is 0. The molecule has 1 fully saturated rings. The van der Waals surface area contributed by atoms with Crippen LogP contribution in [-0.4, -0.2) is 56.1 Å². The van der Waals surface area contributed by atoms with Crippen LogP contribution < -0.4 is 0 Å². The largest absolute Gasteiger partial charge is 0.449 e. The maximum atomic E-state index is 11.2. The number of epoxide rings is 1. The summed E-state index contributed by atoms with van der Waals surface area (Å²) in [4.78, 5) is 11.2. The Labute approximate surface area is 134 Å². The Morgan fingerprint density at radius 1 is 1.36 bits per heavy atom. The molecule has 0 spiro atoms. The third-order valence-electron chi connectivity index (χ3n) is 1.94. The highest BCUT2D eigenvalue weighted by Crippen LogP contribution is 2.16. The molecule has 1 aliphatic heterocycles. The molecule has 0 amide bonds. The molecule has 1 atom stereocenters.